The van der Waals surface area contributed by atoms with Crippen molar-refractivity contribution in [1.29, 1.82) is 5.26 Å². The zero-order chi connectivity index (χ0) is 13.8. The van der Waals surface area contributed by atoms with Gasteiger partial charge in [-0.2, -0.15) is 5.26 Å². The molecule has 0 spiro atoms. The SMILES string of the molecule is C/C=C\c1ccccc1-n1cc(C#N)c(=O)[nH]c1=O. The predicted molar refractivity (Wildman–Crippen MR) is 72.1 cm³/mol. The van der Waals surface area contributed by atoms with E-state index in [1.54, 1.807) is 18.2 Å². The Bertz CT molecular complexity index is 791. The molecule has 5 heteroatoms. The van der Waals surface area contributed by atoms with Crippen molar-refractivity contribution in [2.75, 3.05) is 0 Å². The summed E-state index contributed by atoms with van der Waals surface area (Å²) >= 11 is 0. The van der Waals surface area contributed by atoms with E-state index in [9.17, 15) is 9.59 Å². The molecule has 0 radical (unpaired) electrons. The Balaban J connectivity index is 2.77. The maximum atomic E-state index is 11.8. The number of hydrogen-bond donors (Lipinski definition) is 1. The van der Waals surface area contributed by atoms with Gasteiger partial charge in [0.25, 0.3) is 5.56 Å². The van der Waals surface area contributed by atoms with Gasteiger partial charge in [0, 0.05) is 6.20 Å². The molecular weight excluding hydrogens is 242 g/mol. The van der Waals surface area contributed by atoms with Crippen LogP contribution < -0.4 is 11.2 Å². The van der Waals surface area contributed by atoms with Crippen molar-refractivity contribution in [2.24, 2.45) is 0 Å². The minimum Gasteiger partial charge on any atom is -0.273 e. The van der Waals surface area contributed by atoms with Crippen molar-refractivity contribution < 1.29 is 0 Å². The number of nitriles is 1. The second-order valence-electron chi connectivity index (χ2n) is 3.84. The highest BCUT2D eigenvalue weighted by Gasteiger charge is 2.07. The van der Waals surface area contributed by atoms with Gasteiger partial charge in [-0.1, -0.05) is 30.4 Å². The largest absolute Gasteiger partial charge is 0.333 e. The van der Waals surface area contributed by atoms with E-state index in [1.807, 2.05) is 31.2 Å². The third kappa shape index (κ3) is 2.38. The summed E-state index contributed by atoms with van der Waals surface area (Å²) in [6, 6.07) is 8.99. The van der Waals surface area contributed by atoms with Crippen molar-refractivity contribution in [1.82, 2.24) is 9.55 Å². The van der Waals surface area contributed by atoms with E-state index in [4.69, 9.17) is 5.26 Å². The second kappa shape index (κ2) is 5.19. The molecule has 0 aliphatic heterocycles. The fourth-order valence-electron chi connectivity index (χ4n) is 1.76. The number of hydrogen-bond acceptors (Lipinski definition) is 3. The maximum Gasteiger partial charge on any atom is 0.333 e. The van der Waals surface area contributed by atoms with Gasteiger partial charge in [-0.3, -0.25) is 14.3 Å². The van der Waals surface area contributed by atoms with E-state index in [1.165, 1.54) is 10.8 Å². The zero-order valence-electron chi connectivity index (χ0n) is 10.3. The monoisotopic (exact) mass is 253 g/mol. The van der Waals surface area contributed by atoms with Crippen LogP contribution in [0.15, 0.2) is 46.1 Å². The van der Waals surface area contributed by atoms with Crippen LogP contribution in [0.2, 0.25) is 0 Å². The van der Waals surface area contributed by atoms with Gasteiger partial charge >= 0.3 is 5.69 Å². The number of rotatable bonds is 2. The van der Waals surface area contributed by atoms with Crippen LogP contribution in [-0.4, -0.2) is 9.55 Å². The average molecular weight is 253 g/mol. The van der Waals surface area contributed by atoms with Crippen LogP contribution in [0.4, 0.5) is 0 Å². The number of aromatic nitrogens is 2. The normalized spacial score (nSPS) is 10.5. The van der Waals surface area contributed by atoms with Crippen molar-refractivity contribution >= 4 is 6.08 Å². The summed E-state index contributed by atoms with van der Waals surface area (Å²) in [5.74, 6) is 0. The maximum absolute atomic E-state index is 11.8. The Morgan fingerprint density at radius 1 is 1.32 bits per heavy atom. The van der Waals surface area contributed by atoms with Gasteiger partial charge in [0.05, 0.1) is 5.69 Å². The van der Waals surface area contributed by atoms with Gasteiger partial charge in [-0.15, -0.1) is 0 Å². The zero-order valence-corrected chi connectivity index (χ0v) is 10.3. The topological polar surface area (TPSA) is 78.7 Å². The van der Waals surface area contributed by atoms with Crippen LogP contribution in [-0.2, 0) is 0 Å². The lowest BCUT2D eigenvalue weighted by Gasteiger charge is -2.08. The summed E-state index contributed by atoms with van der Waals surface area (Å²) in [7, 11) is 0. The van der Waals surface area contributed by atoms with Gasteiger partial charge in [0.15, 0.2) is 0 Å². The van der Waals surface area contributed by atoms with Crippen molar-refractivity contribution in [3.63, 3.8) is 0 Å². The first-order valence-electron chi connectivity index (χ1n) is 5.65. The minimum atomic E-state index is -0.674. The first-order chi connectivity index (χ1) is 9.17. The van der Waals surface area contributed by atoms with Crippen LogP contribution in [0.1, 0.15) is 18.1 Å². The van der Waals surface area contributed by atoms with E-state index in [-0.39, 0.29) is 5.56 Å². The summed E-state index contributed by atoms with van der Waals surface area (Å²) in [5, 5.41) is 8.85. The average Bonchev–Trinajstić information content (AvgIpc) is 2.40. The van der Waals surface area contributed by atoms with Gasteiger partial charge in [0.1, 0.15) is 11.6 Å². The Morgan fingerprint density at radius 2 is 2.05 bits per heavy atom. The van der Waals surface area contributed by atoms with Crippen molar-refractivity contribution in [3.8, 4) is 11.8 Å². The van der Waals surface area contributed by atoms with Gasteiger partial charge in [0.2, 0.25) is 0 Å². The molecule has 0 aliphatic carbocycles. The van der Waals surface area contributed by atoms with Gasteiger partial charge in [-0.25, -0.2) is 4.79 Å². The lowest BCUT2D eigenvalue weighted by Crippen LogP contribution is -2.30. The highest BCUT2D eigenvalue weighted by Crippen LogP contribution is 2.14. The van der Waals surface area contributed by atoms with E-state index in [0.717, 1.165) is 5.56 Å². The Kier molecular flexibility index (Phi) is 3.44. The van der Waals surface area contributed by atoms with E-state index < -0.39 is 11.2 Å². The molecule has 0 fully saturated rings. The molecule has 1 aromatic heterocycles. The van der Waals surface area contributed by atoms with Crippen molar-refractivity contribution in [3.05, 3.63) is 68.5 Å². The highest BCUT2D eigenvalue weighted by molar-refractivity contribution is 5.60. The van der Waals surface area contributed by atoms with Crippen LogP contribution >= 0.6 is 0 Å². The number of H-pyrrole nitrogens is 1. The Morgan fingerprint density at radius 3 is 2.74 bits per heavy atom. The number of nitrogens with one attached hydrogen (secondary N) is 1. The number of allylic oxidation sites excluding steroid dienone is 1. The lowest BCUT2D eigenvalue weighted by atomic mass is 10.1. The molecule has 1 N–H and O–H groups in total. The quantitative estimate of drug-likeness (QED) is 0.879. The Labute approximate surface area is 109 Å². The van der Waals surface area contributed by atoms with Gasteiger partial charge < -0.3 is 0 Å². The third-order valence-electron chi connectivity index (χ3n) is 2.61. The molecule has 0 amide bonds. The third-order valence-corrected chi connectivity index (χ3v) is 2.61. The van der Waals surface area contributed by atoms with Crippen molar-refractivity contribution in [2.45, 2.75) is 6.92 Å². The molecule has 19 heavy (non-hydrogen) atoms. The standard InChI is InChI=1S/C14H11N3O2/c1-2-5-10-6-3-4-7-12(10)17-9-11(8-15)13(18)16-14(17)19/h2-7,9H,1H3,(H,16,18,19)/b5-2-. The van der Waals surface area contributed by atoms with E-state index in [0.29, 0.717) is 5.69 Å². The molecule has 0 aliphatic rings. The molecule has 1 heterocycles. The smallest absolute Gasteiger partial charge is 0.273 e. The molecule has 0 saturated carbocycles. The first-order valence-corrected chi connectivity index (χ1v) is 5.65. The summed E-state index contributed by atoms with van der Waals surface area (Å²) in [4.78, 5) is 25.3. The fraction of sp³-hybridized carbons (Fsp3) is 0.0714. The lowest BCUT2D eigenvalue weighted by molar-refractivity contribution is 0.888. The second-order valence-corrected chi connectivity index (χ2v) is 3.84. The molecule has 0 atom stereocenters. The molecule has 1 aromatic carbocycles. The van der Waals surface area contributed by atoms with E-state index in [2.05, 4.69) is 4.98 Å². The van der Waals surface area contributed by atoms with Crippen LogP contribution in [0.5, 0.6) is 0 Å². The first kappa shape index (κ1) is 12.6. The van der Waals surface area contributed by atoms with Crippen LogP contribution in [0, 0.1) is 11.3 Å². The molecule has 0 bridgehead atoms. The highest BCUT2D eigenvalue weighted by atomic mass is 16.2. The molecule has 5 nitrogen and oxygen atoms in total. The molecule has 0 unspecified atom stereocenters. The predicted octanol–water partition coefficient (Wildman–Crippen LogP) is 1.43. The van der Waals surface area contributed by atoms with E-state index >= 15 is 0 Å². The number of aromatic amines is 1. The molecule has 0 saturated heterocycles. The minimum absolute atomic E-state index is 0.102. The van der Waals surface area contributed by atoms with Gasteiger partial charge in [-0.05, 0) is 18.6 Å². The Hall–Kier alpha value is -2.87. The number of benzene rings is 1. The number of nitrogens with zero attached hydrogens (tertiary/aromatic N) is 2. The summed E-state index contributed by atoms with van der Waals surface area (Å²) in [5.41, 5.74) is 0.0875. The molecule has 2 rings (SSSR count). The molecule has 94 valence electrons. The number of para-hydroxylation sites is 1. The summed E-state index contributed by atoms with van der Waals surface area (Å²) in [6.07, 6.45) is 4.95. The fourth-order valence-corrected chi connectivity index (χ4v) is 1.76. The summed E-state index contributed by atoms with van der Waals surface area (Å²) < 4.78 is 1.26. The molecule has 2 aromatic rings. The molecular formula is C14H11N3O2. The van der Waals surface area contributed by atoms with Crippen LogP contribution in [0.25, 0.3) is 11.8 Å². The van der Waals surface area contributed by atoms with Crippen LogP contribution in [0.3, 0.4) is 0 Å². The summed E-state index contributed by atoms with van der Waals surface area (Å²) in [6.45, 7) is 1.87.